The van der Waals surface area contributed by atoms with E-state index in [9.17, 15) is 27.6 Å². The van der Waals surface area contributed by atoms with Gasteiger partial charge in [0.2, 0.25) is 5.91 Å². The predicted octanol–water partition coefficient (Wildman–Crippen LogP) is 5.32. The van der Waals surface area contributed by atoms with E-state index in [0.29, 0.717) is 11.4 Å². The maximum Gasteiger partial charge on any atom is 0.416 e. The number of imide groups is 1. The largest absolute Gasteiger partial charge is 0.416 e. The summed E-state index contributed by atoms with van der Waals surface area (Å²) in [5, 5.41) is 5.45. The Hall–Kier alpha value is -4.14. The third-order valence-corrected chi connectivity index (χ3v) is 5.65. The number of rotatable bonds is 5. The van der Waals surface area contributed by atoms with Crippen molar-refractivity contribution in [2.24, 2.45) is 0 Å². The predicted molar refractivity (Wildman–Crippen MR) is 126 cm³/mol. The van der Waals surface area contributed by atoms with Crippen LogP contribution in [0.2, 0.25) is 0 Å². The van der Waals surface area contributed by atoms with E-state index in [-0.39, 0.29) is 23.6 Å². The molecule has 2 N–H and O–H groups in total. The van der Waals surface area contributed by atoms with Crippen molar-refractivity contribution >= 4 is 34.8 Å². The van der Waals surface area contributed by atoms with Crippen molar-refractivity contribution in [2.75, 3.05) is 15.5 Å². The molecule has 6 nitrogen and oxygen atoms in total. The average Bonchev–Trinajstić information content (AvgIpc) is 3.06. The number of hydrogen-bond donors (Lipinski definition) is 2. The lowest BCUT2D eigenvalue weighted by molar-refractivity contribution is -0.137. The molecule has 180 valence electrons. The minimum Gasteiger partial charge on any atom is -0.373 e. The Labute approximate surface area is 199 Å². The lowest BCUT2D eigenvalue weighted by atomic mass is 10.1. The Balaban J connectivity index is 1.48. The molecule has 1 atom stereocenters. The lowest BCUT2D eigenvalue weighted by Crippen LogP contribution is -2.35. The molecule has 0 spiro atoms. The Kier molecular flexibility index (Phi) is 6.34. The van der Waals surface area contributed by atoms with Crippen LogP contribution in [0.4, 0.5) is 30.2 Å². The van der Waals surface area contributed by atoms with Crippen LogP contribution < -0.4 is 15.5 Å². The van der Waals surface area contributed by atoms with Gasteiger partial charge in [0.1, 0.15) is 6.04 Å². The number of alkyl halides is 3. The fourth-order valence-electron chi connectivity index (χ4n) is 3.98. The second-order valence-electron chi connectivity index (χ2n) is 8.37. The van der Waals surface area contributed by atoms with Gasteiger partial charge in [0.25, 0.3) is 11.8 Å². The van der Waals surface area contributed by atoms with Crippen LogP contribution in [0.15, 0.2) is 66.7 Å². The Morgan fingerprint density at radius 1 is 0.943 bits per heavy atom. The third-order valence-electron chi connectivity index (χ3n) is 5.65. The molecule has 3 amide bonds. The number of carbonyl (C=O) groups excluding carboxylic acids is 3. The second kappa shape index (κ2) is 9.25. The number of amides is 3. The first-order chi connectivity index (χ1) is 16.5. The molecule has 1 heterocycles. The van der Waals surface area contributed by atoms with Gasteiger partial charge in [-0.05, 0) is 61.9 Å². The van der Waals surface area contributed by atoms with Crippen LogP contribution in [0, 0.1) is 13.8 Å². The molecule has 3 aromatic carbocycles. The molecular formula is C26H22F3N3O3. The van der Waals surface area contributed by atoms with Gasteiger partial charge in [-0.1, -0.05) is 29.8 Å². The number of hydrogen-bond acceptors (Lipinski definition) is 4. The number of aryl methyl sites for hydroxylation is 2. The van der Waals surface area contributed by atoms with Crippen LogP contribution in [0.5, 0.6) is 0 Å². The Morgan fingerprint density at radius 3 is 2.37 bits per heavy atom. The van der Waals surface area contributed by atoms with Crippen LogP contribution in [0.25, 0.3) is 0 Å². The SMILES string of the molecule is Cc1ccc(N2C(=O)C[C@H](Nc3cccc(C(=O)Nc4cccc(C(F)(F)F)c4)c3)C2=O)c(C)c1. The number of halogens is 3. The zero-order valence-electron chi connectivity index (χ0n) is 18.9. The van der Waals surface area contributed by atoms with E-state index >= 15 is 0 Å². The minimum absolute atomic E-state index is 0.00358. The highest BCUT2D eigenvalue weighted by molar-refractivity contribution is 6.23. The first-order valence-electron chi connectivity index (χ1n) is 10.8. The van der Waals surface area contributed by atoms with Crippen molar-refractivity contribution < 1.29 is 27.6 Å². The van der Waals surface area contributed by atoms with Gasteiger partial charge >= 0.3 is 6.18 Å². The number of nitrogens with one attached hydrogen (secondary N) is 2. The highest BCUT2D eigenvalue weighted by atomic mass is 19.4. The van der Waals surface area contributed by atoms with Gasteiger partial charge in [-0.15, -0.1) is 0 Å². The van der Waals surface area contributed by atoms with Crippen LogP contribution in [-0.2, 0) is 15.8 Å². The highest BCUT2D eigenvalue weighted by Crippen LogP contribution is 2.31. The molecule has 0 radical (unpaired) electrons. The molecule has 0 saturated carbocycles. The van der Waals surface area contributed by atoms with Crippen molar-refractivity contribution in [3.8, 4) is 0 Å². The summed E-state index contributed by atoms with van der Waals surface area (Å²) in [5.74, 6) is -1.35. The zero-order chi connectivity index (χ0) is 25.3. The number of anilines is 3. The topological polar surface area (TPSA) is 78.5 Å². The monoisotopic (exact) mass is 481 g/mol. The van der Waals surface area contributed by atoms with Gasteiger partial charge < -0.3 is 10.6 Å². The maximum absolute atomic E-state index is 13.0. The number of carbonyl (C=O) groups is 3. The van der Waals surface area contributed by atoms with E-state index in [1.165, 1.54) is 24.3 Å². The van der Waals surface area contributed by atoms with Crippen LogP contribution in [0.3, 0.4) is 0 Å². The molecule has 0 unspecified atom stereocenters. The zero-order valence-corrected chi connectivity index (χ0v) is 18.9. The summed E-state index contributed by atoms with van der Waals surface area (Å²) < 4.78 is 38.8. The average molecular weight is 481 g/mol. The molecule has 0 aromatic heterocycles. The Morgan fingerprint density at radius 2 is 1.66 bits per heavy atom. The molecule has 35 heavy (non-hydrogen) atoms. The van der Waals surface area contributed by atoms with E-state index in [2.05, 4.69) is 10.6 Å². The standard InChI is InChI=1S/C26H22F3N3O3/c1-15-9-10-22(16(2)11-15)32-23(33)14-21(25(32)35)30-19-7-3-5-17(12-19)24(34)31-20-8-4-6-18(13-20)26(27,28)29/h3-13,21,30H,14H2,1-2H3,(H,31,34)/t21-/m0/s1. The fourth-order valence-corrected chi connectivity index (χ4v) is 3.98. The van der Waals surface area contributed by atoms with E-state index in [4.69, 9.17) is 0 Å². The molecule has 0 aliphatic carbocycles. The molecule has 1 saturated heterocycles. The summed E-state index contributed by atoms with van der Waals surface area (Å²) in [6.07, 6.45) is -4.58. The molecular weight excluding hydrogens is 459 g/mol. The van der Waals surface area contributed by atoms with Crippen molar-refractivity contribution in [3.05, 3.63) is 89.0 Å². The fraction of sp³-hybridized carbons (Fsp3) is 0.192. The minimum atomic E-state index is -4.53. The maximum atomic E-state index is 13.0. The van der Waals surface area contributed by atoms with E-state index in [0.717, 1.165) is 28.2 Å². The highest BCUT2D eigenvalue weighted by Gasteiger charge is 2.40. The van der Waals surface area contributed by atoms with Gasteiger partial charge in [0, 0.05) is 16.9 Å². The summed E-state index contributed by atoms with van der Waals surface area (Å²) in [4.78, 5) is 39.4. The summed E-state index contributed by atoms with van der Waals surface area (Å²) in [7, 11) is 0. The molecule has 1 fully saturated rings. The van der Waals surface area contributed by atoms with E-state index in [1.54, 1.807) is 18.2 Å². The van der Waals surface area contributed by atoms with Crippen molar-refractivity contribution in [1.29, 1.82) is 0 Å². The normalized spacial score (nSPS) is 15.9. The van der Waals surface area contributed by atoms with Gasteiger partial charge in [-0.25, -0.2) is 4.90 Å². The molecule has 1 aliphatic heterocycles. The van der Waals surface area contributed by atoms with E-state index in [1.807, 2.05) is 26.0 Å². The second-order valence-corrected chi connectivity index (χ2v) is 8.37. The summed E-state index contributed by atoms with van der Waals surface area (Å²) >= 11 is 0. The number of nitrogens with zero attached hydrogens (tertiary/aromatic N) is 1. The molecule has 0 bridgehead atoms. The third kappa shape index (κ3) is 5.18. The molecule has 9 heteroatoms. The van der Waals surface area contributed by atoms with Crippen LogP contribution >= 0.6 is 0 Å². The number of benzene rings is 3. The molecule has 3 aromatic rings. The smallest absolute Gasteiger partial charge is 0.373 e. The molecule has 4 rings (SSSR count). The summed E-state index contributed by atoms with van der Waals surface area (Å²) in [6.45, 7) is 3.75. The summed E-state index contributed by atoms with van der Waals surface area (Å²) in [5.41, 5.74) is 2.09. The quantitative estimate of drug-likeness (QED) is 0.484. The summed E-state index contributed by atoms with van der Waals surface area (Å²) in [6, 6.07) is 15.2. The van der Waals surface area contributed by atoms with Gasteiger partial charge in [0.15, 0.2) is 0 Å². The van der Waals surface area contributed by atoms with Gasteiger partial charge in [-0.3, -0.25) is 14.4 Å². The van der Waals surface area contributed by atoms with Crippen LogP contribution in [0.1, 0.15) is 33.5 Å². The van der Waals surface area contributed by atoms with Crippen molar-refractivity contribution in [3.63, 3.8) is 0 Å². The van der Waals surface area contributed by atoms with Gasteiger partial charge in [0.05, 0.1) is 17.7 Å². The van der Waals surface area contributed by atoms with Crippen LogP contribution in [-0.4, -0.2) is 23.8 Å². The first-order valence-corrected chi connectivity index (χ1v) is 10.8. The van der Waals surface area contributed by atoms with E-state index < -0.39 is 29.6 Å². The molecule has 1 aliphatic rings. The lowest BCUT2D eigenvalue weighted by Gasteiger charge is -2.18. The van der Waals surface area contributed by atoms with Gasteiger partial charge in [-0.2, -0.15) is 13.2 Å². The first kappa shape index (κ1) is 24.0. The van der Waals surface area contributed by atoms with Crippen molar-refractivity contribution in [1.82, 2.24) is 0 Å². The van der Waals surface area contributed by atoms with Crippen molar-refractivity contribution in [2.45, 2.75) is 32.5 Å². The Bertz CT molecular complexity index is 1320.